The molecule has 354 valence electrons. The highest BCUT2D eigenvalue weighted by Gasteiger charge is 2.21. The number of para-hydroxylation sites is 2. The van der Waals surface area contributed by atoms with Crippen molar-refractivity contribution in [1.29, 1.82) is 0 Å². The molecule has 76 heavy (non-hydrogen) atoms. The molecular formula is C69H40N4O2S. The van der Waals surface area contributed by atoms with Gasteiger partial charge < -0.3 is 13.4 Å². The van der Waals surface area contributed by atoms with Gasteiger partial charge in [-0.15, -0.1) is 11.3 Å². The lowest BCUT2D eigenvalue weighted by atomic mass is 9.99. The molecule has 5 aromatic heterocycles. The molecule has 0 saturated carbocycles. The molecule has 7 heteroatoms. The van der Waals surface area contributed by atoms with Gasteiger partial charge in [0, 0.05) is 74.9 Å². The molecule has 0 bridgehead atoms. The first-order valence-corrected chi connectivity index (χ1v) is 26.3. The monoisotopic (exact) mass is 988 g/mol. The van der Waals surface area contributed by atoms with E-state index < -0.39 is 0 Å². The fraction of sp³-hybridized carbons (Fsp3) is 0. The van der Waals surface area contributed by atoms with Crippen LogP contribution in [0, 0.1) is 0 Å². The number of thiophene rings is 1. The normalized spacial score (nSPS) is 11.9. The van der Waals surface area contributed by atoms with Crippen LogP contribution in [0.25, 0.3) is 159 Å². The third-order valence-electron chi connectivity index (χ3n) is 15.1. The van der Waals surface area contributed by atoms with Gasteiger partial charge in [-0.1, -0.05) is 164 Å². The SMILES string of the molecule is c1ccc(-c2nc(-c3ccc4c(c3)oc3cccc(-c5ccccc5)c34)nc(-c3cccc4sc5cc(-c6ccc7c(c6)oc6ccc(-c8ccc9c%10ccccc%10n(-c%10ccccc%10)c9c8)cc67)ccc5c34)n2)cc1. The first-order valence-electron chi connectivity index (χ1n) is 25.5. The van der Waals surface area contributed by atoms with Crippen LogP contribution in [-0.2, 0) is 0 Å². The summed E-state index contributed by atoms with van der Waals surface area (Å²) in [7, 11) is 0. The number of fused-ring (bicyclic) bond motifs is 12. The molecule has 0 fully saturated rings. The van der Waals surface area contributed by atoms with Crippen molar-refractivity contribution in [2.45, 2.75) is 0 Å². The van der Waals surface area contributed by atoms with Crippen molar-refractivity contribution in [2.75, 3.05) is 0 Å². The number of furan rings is 2. The minimum atomic E-state index is 0.579. The number of hydrogen-bond donors (Lipinski definition) is 0. The minimum Gasteiger partial charge on any atom is -0.456 e. The number of benzene rings is 11. The fourth-order valence-electron chi connectivity index (χ4n) is 11.5. The Morgan fingerprint density at radius 2 is 0.868 bits per heavy atom. The fourth-order valence-corrected chi connectivity index (χ4v) is 12.7. The van der Waals surface area contributed by atoms with E-state index in [1.807, 2.05) is 42.5 Å². The summed E-state index contributed by atoms with van der Waals surface area (Å²) < 4.78 is 17.9. The molecule has 0 saturated heterocycles. The van der Waals surface area contributed by atoms with Gasteiger partial charge in [0.05, 0.1) is 11.0 Å². The molecule has 0 aliphatic rings. The number of rotatable bonds is 7. The molecule has 0 atom stereocenters. The molecule has 0 radical (unpaired) electrons. The van der Waals surface area contributed by atoms with Crippen LogP contribution in [0.5, 0.6) is 0 Å². The third-order valence-corrected chi connectivity index (χ3v) is 16.2. The highest BCUT2D eigenvalue weighted by atomic mass is 32.1. The van der Waals surface area contributed by atoms with E-state index in [0.29, 0.717) is 17.5 Å². The average Bonchev–Trinajstić information content (AvgIpc) is 4.30. The Morgan fingerprint density at radius 3 is 1.71 bits per heavy atom. The van der Waals surface area contributed by atoms with Gasteiger partial charge in [0.2, 0.25) is 0 Å². The smallest absolute Gasteiger partial charge is 0.164 e. The Hall–Kier alpha value is -9.95. The van der Waals surface area contributed by atoms with Crippen molar-refractivity contribution in [1.82, 2.24) is 19.5 Å². The van der Waals surface area contributed by atoms with E-state index in [9.17, 15) is 0 Å². The summed E-state index contributed by atoms with van der Waals surface area (Å²) in [6.07, 6.45) is 0. The maximum absolute atomic E-state index is 6.61. The second-order valence-electron chi connectivity index (χ2n) is 19.5. The van der Waals surface area contributed by atoms with Crippen LogP contribution in [0.15, 0.2) is 251 Å². The lowest BCUT2D eigenvalue weighted by Crippen LogP contribution is -2.00. The summed E-state index contributed by atoms with van der Waals surface area (Å²) >= 11 is 1.78. The molecule has 16 aromatic rings. The Labute approximate surface area is 439 Å². The first-order chi connectivity index (χ1) is 37.6. The van der Waals surface area contributed by atoms with Gasteiger partial charge >= 0.3 is 0 Å². The third kappa shape index (κ3) is 6.76. The standard InChI is InChI=1S/C69H40N4O2S/c1-4-14-41(15-5-1)49-21-12-24-60-65(49)53-33-29-47(39-62(53)75-60)68-70-67(42-16-6-2-7-17-42)71-69(72-68)55-22-13-25-63-66(55)54-34-28-46(40-64(54)76-63)45-27-32-52-56-36-43(30-35-59(56)74-61(52)38-45)44-26-31-51-50-20-10-11-23-57(50)73(58(51)37-44)48-18-8-3-9-19-48/h1-40H. The Kier molecular flexibility index (Phi) is 9.40. The predicted molar refractivity (Wildman–Crippen MR) is 314 cm³/mol. The van der Waals surface area contributed by atoms with Crippen LogP contribution in [0.1, 0.15) is 0 Å². The van der Waals surface area contributed by atoms with Gasteiger partial charge in [0.1, 0.15) is 22.3 Å². The highest BCUT2D eigenvalue weighted by Crippen LogP contribution is 2.44. The zero-order valence-corrected chi connectivity index (χ0v) is 41.4. The van der Waals surface area contributed by atoms with E-state index in [4.69, 9.17) is 23.8 Å². The Morgan fingerprint density at radius 1 is 0.289 bits per heavy atom. The van der Waals surface area contributed by atoms with Gasteiger partial charge in [-0.3, -0.25) is 0 Å². The number of hydrogen-bond acceptors (Lipinski definition) is 6. The average molecular weight is 989 g/mol. The van der Waals surface area contributed by atoms with Crippen LogP contribution in [-0.4, -0.2) is 19.5 Å². The van der Waals surface area contributed by atoms with Crippen molar-refractivity contribution in [3.05, 3.63) is 243 Å². The molecule has 0 aliphatic heterocycles. The minimum absolute atomic E-state index is 0.579. The molecular weight excluding hydrogens is 949 g/mol. The second-order valence-corrected chi connectivity index (χ2v) is 20.5. The molecule has 16 rings (SSSR count). The van der Waals surface area contributed by atoms with E-state index in [1.54, 1.807) is 11.3 Å². The maximum Gasteiger partial charge on any atom is 0.164 e. The largest absolute Gasteiger partial charge is 0.456 e. The Bertz CT molecular complexity index is 4990. The number of nitrogens with zero attached hydrogens (tertiary/aromatic N) is 4. The zero-order chi connectivity index (χ0) is 49.8. The van der Waals surface area contributed by atoms with Gasteiger partial charge in [-0.25, -0.2) is 15.0 Å². The van der Waals surface area contributed by atoms with Crippen molar-refractivity contribution < 1.29 is 8.83 Å². The molecule has 0 aliphatic carbocycles. The molecule has 0 amide bonds. The van der Waals surface area contributed by atoms with Crippen LogP contribution in [0.2, 0.25) is 0 Å². The summed E-state index contributed by atoms with van der Waals surface area (Å²) in [6.45, 7) is 0. The first kappa shape index (κ1) is 42.5. The lowest BCUT2D eigenvalue weighted by Gasteiger charge is -2.10. The topological polar surface area (TPSA) is 69.9 Å². The van der Waals surface area contributed by atoms with E-state index in [1.165, 1.54) is 26.5 Å². The second kappa shape index (κ2) is 16.8. The molecule has 5 heterocycles. The molecule has 11 aromatic carbocycles. The molecule has 0 unspecified atom stereocenters. The van der Waals surface area contributed by atoms with Crippen molar-refractivity contribution in [2.24, 2.45) is 0 Å². The van der Waals surface area contributed by atoms with Crippen molar-refractivity contribution in [3.63, 3.8) is 0 Å². The van der Waals surface area contributed by atoms with E-state index in [0.717, 1.165) is 115 Å². The quantitative estimate of drug-likeness (QED) is 0.159. The summed E-state index contributed by atoms with van der Waals surface area (Å²) in [4.78, 5) is 15.6. The summed E-state index contributed by atoms with van der Waals surface area (Å²) in [6, 6.07) is 85.6. The van der Waals surface area contributed by atoms with Crippen LogP contribution in [0.4, 0.5) is 0 Å². The van der Waals surface area contributed by atoms with Gasteiger partial charge in [0.25, 0.3) is 0 Å². The lowest BCUT2D eigenvalue weighted by molar-refractivity contribution is 0.668. The summed E-state index contributed by atoms with van der Waals surface area (Å²) in [5.41, 5.74) is 16.4. The van der Waals surface area contributed by atoms with Crippen LogP contribution >= 0.6 is 11.3 Å². The highest BCUT2D eigenvalue weighted by molar-refractivity contribution is 7.26. The van der Waals surface area contributed by atoms with Crippen LogP contribution in [0.3, 0.4) is 0 Å². The van der Waals surface area contributed by atoms with E-state index in [2.05, 4.69) is 205 Å². The van der Waals surface area contributed by atoms with E-state index in [-0.39, 0.29) is 0 Å². The molecule has 0 N–H and O–H groups in total. The zero-order valence-electron chi connectivity index (χ0n) is 40.6. The van der Waals surface area contributed by atoms with Gasteiger partial charge in [0.15, 0.2) is 17.5 Å². The molecule has 0 spiro atoms. The van der Waals surface area contributed by atoms with Crippen molar-refractivity contribution >= 4 is 97.2 Å². The van der Waals surface area contributed by atoms with Crippen LogP contribution < -0.4 is 0 Å². The predicted octanol–water partition coefficient (Wildman–Crippen LogP) is 19.1. The summed E-state index contributed by atoms with van der Waals surface area (Å²) in [5.74, 6) is 1.80. The van der Waals surface area contributed by atoms with E-state index >= 15 is 0 Å². The summed E-state index contributed by atoms with van der Waals surface area (Å²) in [5, 5.41) is 9.09. The number of aromatic nitrogens is 4. The molecule has 6 nitrogen and oxygen atoms in total. The van der Waals surface area contributed by atoms with Gasteiger partial charge in [-0.05, 0) is 112 Å². The van der Waals surface area contributed by atoms with Crippen molar-refractivity contribution in [3.8, 4) is 73.2 Å². The maximum atomic E-state index is 6.61. The van der Waals surface area contributed by atoms with Gasteiger partial charge in [-0.2, -0.15) is 0 Å². The Balaban J connectivity index is 0.764.